The molecule has 0 aliphatic rings. The third kappa shape index (κ3) is 51.2. The molecule has 3 atom stereocenters. The van der Waals surface area contributed by atoms with Gasteiger partial charge in [-0.3, -0.25) is 18.6 Å². The summed E-state index contributed by atoms with van der Waals surface area (Å²) in [5.41, 5.74) is 0. The normalized spacial score (nSPS) is 13.9. The van der Waals surface area contributed by atoms with Crippen LogP contribution in [-0.2, 0) is 27.9 Å². The maximum atomic E-state index is 13.5. The van der Waals surface area contributed by atoms with E-state index in [1.165, 1.54) is 199 Å². The van der Waals surface area contributed by atoms with Crippen molar-refractivity contribution in [2.75, 3.05) is 40.9 Å². The van der Waals surface area contributed by atoms with E-state index < -0.39 is 20.0 Å². The average Bonchev–Trinajstić information content (AvgIpc) is 3.31. The highest BCUT2D eigenvalue weighted by Crippen LogP contribution is 2.43. The molecule has 0 heterocycles. The topological polar surface area (TPSA) is 111 Å². The number of carbonyl (C=O) groups is 2. The van der Waals surface area contributed by atoms with E-state index in [1.807, 2.05) is 33.3 Å². The Balaban J connectivity index is 5.32. The highest BCUT2D eigenvalue weighted by atomic mass is 31.2. The molecule has 0 rings (SSSR count). The van der Waals surface area contributed by atoms with Crippen LogP contribution in [0.5, 0.6) is 0 Å². The molecule has 1 amide bonds. The average molecular weight is 997 g/mol. The van der Waals surface area contributed by atoms with Gasteiger partial charge in [0.05, 0.1) is 33.8 Å². The summed E-state index contributed by atoms with van der Waals surface area (Å²) < 4.78 is 30.6. The van der Waals surface area contributed by atoms with Crippen LogP contribution < -0.4 is 5.32 Å². The van der Waals surface area contributed by atoms with E-state index in [0.29, 0.717) is 23.9 Å². The second-order valence-corrected chi connectivity index (χ2v) is 23.0. The molecule has 0 aromatic heterocycles. The summed E-state index contributed by atoms with van der Waals surface area (Å²) >= 11 is 0. The molecule has 0 aromatic rings. The second-order valence-electron chi connectivity index (χ2n) is 21.5. The first-order chi connectivity index (χ1) is 33.4. The van der Waals surface area contributed by atoms with E-state index in [1.54, 1.807) is 0 Å². The van der Waals surface area contributed by atoms with Crippen LogP contribution in [0.15, 0.2) is 24.3 Å². The molecule has 3 unspecified atom stereocenters. The van der Waals surface area contributed by atoms with E-state index in [9.17, 15) is 19.0 Å². The first-order valence-corrected chi connectivity index (χ1v) is 31.2. The third-order valence-corrected chi connectivity index (χ3v) is 14.4. The number of phosphoric ester groups is 1. The van der Waals surface area contributed by atoms with Gasteiger partial charge in [0.15, 0.2) is 0 Å². The summed E-state index contributed by atoms with van der Waals surface area (Å²) in [5, 5.41) is 3.05. The van der Waals surface area contributed by atoms with Gasteiger partial charge in [-0.1, -0.05) is 244 Å². The lowest BCUT2D eigenvalue weighted by atomic mass is 10.0. The molecule has 0 aromatic carbocycles. The van der Waals surface area contributed by atoms with E-state index in [4.69, 9.17) is 13.8 Å². The Labute approximate surface area is 428 Å². The quantitative estimate of drug-likeness (QED) is 0.0205. The fourth-order valence-corrected chi connectivity index (χ4v) is 9.50. The number of hydrogen-bond acceptors (Lipinski definition) is 6. The van der Waals surface area contributed by atoms with Crippen LogP contribution in [0.2, 0.25) is 0 Å². The summed E-state index contributed by atoms with van der Waals surface area (Å²) in [6.07, 6.45) is 57.3. The second kappa shape index (κ2) is 50.0. The van der Waals surface area contributed by atoms with Gasteiger partial charge in [-0.05, 0) is 57.4 Å². The number of carbonyl (C=O) groups excluding carboxylic acids is 2. The van der Waals surface area contributed by atoms with Gasteiger partial charge >= 0.3 is 13.8 Å². The molecule has 408 valence electrons. The lowest BCUT2D eigenvalue weighted by Gasteiger charge is -2.27. The third-order valence-electron chi connectivity index (χ3n) is 13.4. The van der Waals surface area contributed by atoms with Gasteiger partial charge in [0.25, 0.3) is 0 Å². The van der Waals surface area contributed by atoms with Crippen molar-refractivity contribution in [3.8, 4) is 0 Å². The number of ether oxygens (including phenoxy) is 1. The van der Waals surface area contributed by atoms with Crippen LogP contribution in [-0.4, -0.2) is 74.3 Å². The minimum absolute atomic E-state index is 0.0430. The molecule has 0 radical (unpaired) electrons. The van der Waals surface area contributed by atoms with Gasteiger partial charge in [-0.25, -0.2) is 4.57 Å². The van der Waals surface area contributed by atoms with Crippen molar-refractivity contribution < 1.29 is 37.3 Å². The van der Waals surface area contributed by atoms with Crippen molar-refractivity contribution in [2.24, 2.45) is 0 Å². The number of hydrogen-bond donors (Lipinski definition) is 2. The van der Waals surface area contributed by atoms with Crippen molar-refractivity contribution in [3.63, 3.8) is 0 Å². The number of allylic oxidation sites excluding steroid dienone is 3. The summed E-state index contributed by atoms with van der Waals surface area (Å²) in [4.78, 5) is 37.6. The standard InChI is InChI=1S/C59H115N2O7P/c1-7-10-13-16-19-22-25-28-29-30-31-34-37-40-43-46-49-52-59(63)68-57(50-47-44-41-38-35-32-26-23-20-17-14-11-8-2)56(55-67-69(64,65)66-54-53-61(4,5)6)60-58(62)51-48-45-42-39-36-33-27-24-21-18-15-12-9-3/h28-29,47,50,56-57H,7-27,30-46,48-49,51-55H2,1-6H3,(H-,60,62,64,65)/p+1/b29-28+,50-47+. The zero-order valence-electron chi connectivity index (χ0n) is 46.6. The van der Waals surface area contributed by atoms with Crippen molar-refractivity contribution in [2.45, 2.75) is 303 Å². The van der Waals surface area contributed by atoms with Gasteiger partial charge in [0, 0.05) is 12.8 Å². The fraction of sp³-hybridized carbons (Fsp3) is 0.898. The van der Waals surface area contributed by atoms with Gasteiger partial charge < -0.3 is 19.4 Å². The predicted octanol–water partition coefficient (Wildman–Crippen LogP) is 17.8. The van der Waals surface area contributed by atoms with Crippen molar-refractivity contribution in [1.29, 1.82) is 0 Å². The van der Waals surface area contributed by atoms with Gasteiger partial charge in [-0.15, -0.1) is 0 Å². The minimum atomic E-state index is -4.44. The Morgan fingerprint density at radius 3 is 1.23 bits per heavy atom. The van der Waals surface area contributed by atoms with Crippen molar-refractivity contribution >= 4 is 19.7 Å². The van der Waals surface area contributed by atoms with Crippen molar-refractivity contribution in [3.05, 3.63) is 24.3 Å². The Hall–Kier alpha value is -1.51. The Kier molecular flexibility index (Phi) is 48.9. The summed E-state index contributed by atoms with van der Waals surface area (Å²) in [6.45, 7) is 7.03. The molecule has 0 saturated carbocycles. The Morgan fingerprint density at radius 1 is 0.493 bits per heavy atom. The Bertz CT molecular complexity index is 1240. The van der Waals surface area contributed by atoms with Crippen LogP contribution in [0.25, 0.3) is 0 Å². The van der Waals surface area contributed by atoms with Gasteiger partial charge in [0.2, 0.25) is 5.91 Å². The van der Waals surface area contributed by atoms with Crippen LogP contribution >= 0.6 is 7.82 Å². The molecule has 69 heavy (non-hydrogen) atoms. The number of nitrogens with zero attached hydrogens (tertiary/aromatic N) is 1. The number of rotatable bonds is 54. The number of unbranched alkanes of at least 4 members (excludes halogenated alkanes) is 36. The summed E-state index contributed by atoms with van der Waals surface area (Å²) in [6, 6.07) is -0.843. The Morgan fingerprint density at radius 2 is 0.841 bits per heavy atom. The molecule has 2 N–H and O–H groups in total. The van der Waals surface area contributed by atoms with Crippen LogP contribution in [0, 0.1) is 0 Å². The number of nitrogens with one attached hydrogen (secondary N) is 1. The zero-order valence-corrected chi connectivity index (χ0v) is 47.5. The smallest absolute Gasteiger partial charge is 0.456 e. The van der Waals surface area contributed by atoms with E-state index in [2.05, 4.69) is 38.2 Å². The number of amides is 1. The molecule has 0 bridgehead atoms. The molecular weight excluding hydrogens is 880 g/mol. The van der Waals surface area contributed by atoms with E-state index >= 15 is 0 Å². The summed E-state index contributed by atoms with van der Waals surface area (Å²) in [7, 11) is 1.51. The lowest BCUT2D eigenvalue weighted by molar-refractivity contribution is -0.870. The van der Waals surface area contributed by atoms with Gasteiger partial charge in [-0.2, -0.15) is 0 Å². The van der Waals surface area contributed by atoms with E-state index in [-0.39, 0.29) is 25.1 Å². The molecule has 0 saturated heterocycles. The lowest BCUT2D eigenvalue weighted by Crippen LogP contribution is -2.47. The summed E-state index contributed by atoms with van der Waals surface area (Å²) in [5.74, 6) is -0.497. The highest BCUT2D eigenvalue weighted by molar-refractivity contribution is 7.47. The molecule has 0 aliphatic carbocycles. The van der Waals surface area contributed by atoms with Crippen molar-refractivity contribution in [1.82, 2.24) is 5.32 Å². The number of quaternary nitrogens is 1. The monoisotopic (exact) mass is 996 g/mol. The molecular formula is C59H116N2O7P+. The zero-order chi connectivity index (χ0) is 50.8. The SMILES string of the molecule is CCCCCCCC/C=C/CCCCCCCCCC(=O)OC(/C=C/CCCCCCCCCCCCC)C(COP(=O)(O)OCC[N+](C)(C)C)NC(=O)CCCCCCCCCCCCCCC. The largest absolute Gasteiger partial charge is 0.472 e. The number of esters is 1. The number of phosphoric acid groups is 1. The maximum Gasteiger partial charge on any atom is 0.472 e. The maximum absolute atomic E-state index is 13.5. The molecule has 0 aliphatic heterocycles. The van der Waals surface area contributed by atoms with E-state index in [0.717, 1.165) is 57.8 Å². The van der Waals surface area contributed by atoms with Crippen LogP contribution in [0.1, 0.15) is 290 Å². The minimum Gasteiger partial charge on any atom is -0.456 e. The fourth-order valence-electron chi connectivity index (χ4n) is 8.76. The molecule has 9 nitrogen and oxygen atoms in total. The highest BCUT2D eigenvalue weighted by Gasteiger charge is 2.30. The molecule has 10 heteroatoms. The molecule has 0 fully saturated rings. The predicted molar refractivity (Wildman–Crippen MR) is 296 cm³/mol. The van der Waals surface area contributed by atoms with Crippen LogP contribution in [0.3, 0.4) is 0 Å². The van der Waals surface area contributed by atoms with Gasteiger partial charge in [0.1, 0.15) is 19.3 Å². The van der Waals surface area contributed by atoms with Crippen LogP contribution in [0.4, 0.5) is 0 Å². The first kappa shape index (κ1) is 67.5. The first-order valence-electron chi connectivity index (χ1n) is 29.7. The number of likely N-dealkylation sites (N-methyl/N-ethyl adjacent to an activating group) is 1. The molecule has 0 spiro atoms.